The number of carbonyl (C=O) groups is 1. The lowest BCUT2D eigenvalue weighted by Gasteiger charge is -2.07. The van der Waals surface area contributed by atoms with E-state index in [4.69, 9.17) is 15.6 Å². The third-order valence-electron chi connectivity index (χ3n) is 5.78. The van der Waals surface area contributed by atoms with Gasteiger partial charge in [0.2, 0.25) is 0 Å². The van der Waals surface area contributed by atoms with Gasteiger partial charge in [0, 0.05) is 30.6 Å². The lowest BCUT2D eigenvalue weighted by Crippen LogP contribution is -2.15. The van der Waals surface area contributed by atoms with E-state index >= 15 is 0 Å². The van der Waals surface area contributed by atoms with Gasteiger partial charge in [-0.2, -0.15) is 4.73 Å². The van der Waals surface area contributed by atoms with Crippen LogP contribution in [0.15, 0.2) is 47.7 Å². The Hall–Kier alpha value is -3.98. The van der Waals surface area contributed by atoms with Crippen LogP contribution < -0.4 is 16.1 Å². The molecule has 0 atom stereocenters. The second kappa shape index (κ2) is 8.18. The molecular formula is C24H24N6O3. The van der Waals surface area contributed by atoms with E-state index in [0.717, 1.165) is 35.9 Å². The van der Waals surface area contributed by atoms with Crippen LogP contribution in [0.3, 0.4) is 0 Å². The summed E-state index contributed by atoms with van der Waals surface area (Å²) in [5, 5.41) is 0.981. The topological polar surface area (TPSA) is 121 Å². The van der Waals surface area contributed by atoms with E-state index in [1.165, 1.54) is 23.5 Å². The first-order chi connectivity index (χ1) is 16.0. The smallest absolute Gasteiger partial charge is 0.329 e. The molecule has 0 saturated carbocycles. The molecule has 0 spiro atoms. The molecule has 0 aliphatic heterocycles. The second-order valence-corrected chi connectivity index (χ2v) is 7.97. The molecule has 9 heteroatoms. The molecule has 168 valence electrons. The van der Waals surface area contributed by atoms with E-state index in [2.05, 4.69) is 27.5 Å². The average Bonchev–Trinajstić information content (AvgIpc) is 3.36. The number of aromatic amines is 1. The third kappa shape index (κ3) is 3.56. The minimum absolute atomic E-state index is 0.277. The molecule has 0 bridgehead atoms. The number of aryl methyl sites for hydroxylation is 2. The van der Waals surface area contributed by atoms with Crippen molar-refractivity contribution in [3.05, 3.63) is 58.8 Å². The second-order valence-electron chi connectivity index (χ2n) is 7.97. The van der Waals surface area contributed by atoms with Gasteiger partial charge in [0.25, 0.3) is 5.56 Å². The Labute approximate surface area is 188 Å². The fourth-order valence-corrected chi connectivity index (χ4v) is 4.31. The highest BCUT2D eigenvalue weighted by atomic mass is 16.7. The minimum atomic E-state index is -0.457. The Bertz CT molecular complexity index is 1580. The van der Waals surface area contributed by atoms with Crippen molar-refractivity contribution >= 4 is 38.9 Å². The number of para-hydroxylation sites is 1. The molecule has 0 fully saturated rings. The molecule has 33 heavy (non-hydrogen) atoms. The predicted octanol–water partition coefficient (Wildman–Crippen LogP) is 2.78. The number of imidazole rings is 1. The summed E-state index contributed by atoms with van der Waals surface area (Å²) in [6.45, 7) is 4.79. The summed E-state index contributed by atoms with van der Waals surface area (Å²) in [5.41, 5.74) is 11.2. The minimum Gasteiger partial charge on any atom is -0.347 e. The molecular weight excluding hydrogens is 420 g/mol. The Kier molecular flexibility index (Phi) is 5.18. The number of hydrogen-bond acceptors (Lipinski definition) is 6. The number of nitrogens with zero attached hydrogens (tertiary/aromatic N) is 4. The fraction of sp³-hybridized carbons (Fsp3) is 0.250. The molecule has 3 heterocycles. The number of fused-ring (bicyclic) bond motifs is 3. The van der Waals surface area contributed by atoms with Crippen molar-refractivity contribution in [3.8, 4) is 11.3 Å². The summed E-state index contributed by atoms with van der Waals surface area (Å²) < 4.78 is 3.47. The zero-order chi connectivity index (χ0) is 23.1. The molecule has 9 nitrogen and oxygen atoms in total. The number of carbonyl (C=O) groups excluding carboxylic acids is 1. The average molecular weight is 444 g/mol. The number of hydrogen-bond donors (Lipinski definition) is 2. The van der Waals surface area contributed by atoms with Crippen molar-refractivity contribution in [2.75, 3.05) is 6.54 Å². The van der Waals surface area contributed by atoms with E-state index in [1.807, 2.05) is 18.3 Å². The number of nitrogens with one attached hydrogen (secondary N) is 1. The van der Waals surface area contributed by atoms with E-state index < -0.39 is 5.97 Å². The lowest BCUT2D eigenvalue weighted by molar-refractivity contribution is -0.141. The van der Waals surface area contributed by atoms with Crippen LogP contribution in [0.4, 0.5) is 0 Å². The van der Waals surface area contributed by atoms with E-state index in [-0.39, 0.29) is 5.56 Å². The monoisotopic (exact) mass is 444 g/mol. The summed E-state index contributed by atoms with van der Waals surface area (Å²) >= 11 is 0. The number of nitrogens with two attached hydrogens (primary N) is 1. The normalized spacial score (nSPS) is 11.6. The summed E-state index contributed by atoms with van der Waals surface area (Å²) in [4.78, 5) is 41.6. The van der Waals surface area contributed by atoms with E-state index in [9.17, 15) is 9.59 Å². The first kappa shape index (κ1) is 20.9. The van der Waals surface area contributed by atoms with E-state index in [1.54, 1.807) is 12.1 Å². The third-order valence-corrected chi connectivity index (χ3v) is 5.78. The number of benzene rings is 2. The molecule has 5 rings (SSSR count). The maximum Gasteiger partial charge on any atom is 0.329 e. The number of H-pyrrole nitrogens is 1. The van der Waals surface area contributed by atoms with Gasteiger partial charge in [-0.05, 0) is 37.1 Å². The molecule has 0 aliphatic carbocycles. The standard InChI is InChI=1S/C24H24N6O3/c1-3-15-6-4-7-16-17(12-29(23(15)16)9-5-8-25)22-24(32)28-18-10-20-21(11-19(18)27-22)30(13-26-20)33-14(2)31/h4,6-7,10-13H,3,5,8-9,25H2,1-2H3,(H,28,32). The van der Waals surface area contributed by atoms with Crippen LogP contribution in [-0.4, -0.2) is 36.8 Å². The van der Waals surface area contributed by atoms with Gasteiger partial charge >= 0.3 is 5.97 Å². The van der Waals surface area contributed by atoms with Gasteiger partial charge in [-0.15, -0.1) is 0 Å². The van der Waals surface area contributed by atoms with Crippen molar-refractivity contribution in [1.82, 2.24) is 24.2 Å². The molecule has 3 aromatic heterocycles. The van der Waals surface area contributed by atoms with Crippen LogP contribution in [0.25, 0.3) is 44.2 Å². The Morgan fingerprint density at radius 1 is 1.24 bits per heavy atom. The fourth-order valence-electron chi connectivity index (χ4n) is 4.31. The van der Waals surface area contributed by atoms with Gasteiger partial charge < -0.3 is 20.1 Å². The zero-order valence-electron chi connectivity index (χ0n) is 18.5. The quantitative estimate of drug-likeness (QED) is 0.415. The molecule has 5 aromatic rings. The molecule has 0 aliphatic rings. The van der Waals surface area contributed by atoms with Crippen molar-refractivity contribution in [2.24, 2.45) is 5.73 Å². The predicted molar refractivity (Wildman–Crippen MR) is 127 cm³/mol. The summed E-state index contributed by atoms with van der Waals surface area (Å²) in [7, 11) is 0. The molecule has 2 aromatic carbocycles. The highest BCUT2D eigenvalue weighted by molar-refractivity contribution is 5.98. The highest BCUT2D eigenvalue weighted by Gasteiger charge is 2.18. The molecule has 0 unspecified atom stereocenters. The Morgan fingerprint density at radius 3 is 2.85 bits per heavy atom. The number of aromatic nitrogens is 5. The first-order valence-electron chi connectivity index (χ1n) is 10.9. The van der Waals surface area contributed by atoms with Gasteiger partial charge in [0.1, 0.15) is 17.5 Å². The van der Waals surface area contributed by atoms with Gasteiger partial charge in [-0.25, -0.2) is 14.8 Å². The van der Waals surface area contributed by atoms with Gasteiger partial charge in [0.15, 0.2) is 0 Å². The van der Waals surface area contributed by atoms with Crippen molar-refractivity contribution in [1.29, 1.82) is 0 Å². The first-order valence-corrected chi connectivity index (χ1v) is 10.9. The summed E-state index contributed by atoms with van der Waals surface area (Å²) in [6.07, 6.45) is 5.12. The molecule has 0 radical (unpaired) electrons. The van der Waals surface area contributed by atoms with Gasteiger partial charge in [-0.3, -0.25) is 4.79 Å². The van der Waals surface area contributed by atoms with Gasteiger partial charge in [-0.1, -0.05) is 25.1 Å². The Balaban J connectivity index is 1.74. The molecule has 0 amide bonds. The SMILES string of the molecule is CCc1cccc2c(-c3nc4cc5c(cc4[nH]c3=O)ncn5OC(C)=O)cn(CCCN)c12. The van der Waals surface area contributed by atoms with Crippen molar-refractivity contribution < 1.29 is 9.63 Å². The van der Waals surface area contributed by atoms with Crippen LogP contribution in [0.5, 0.6) is 0 Å². The van der Waals surface area contributed by atoms with Crippen LogP contribution in [0, 0.1) is 0 Å². The highest BCUT2D eigenvalue weighted by Crippen LogP contribution is 2.31. The van der Waals surface area contributed by atoms with Crippen LogP contribution in [-0.2, 0) is 17.8 Å². The van der Waals surface area contributed by atoms with E-state index in [0.29, 0.717) is 34.3 Å². The van der Waals surface area contributed by atoms with Crippen LogP contribution in [0.1, 0.15) is 25.8 Å². The van der Waals surface area contributed by atoms with Crippen LogP contribution >= 0.6 is 0 Å². The molecule has 0 saturated heterocycles. The molecule has 3 N–H and O–H groups in total. The zero-order valence-corrected chi connectivity index (χ0v) is 18.5. The number of rotatable bonds is 6. The maximum atomic E-state index is 13.1. The van der Waals surface area contributed by atoms with Crippen molar-refractivity contribution in [2.45, 2.75) is 33.2 Å². The van der Waals surface area contributed by atoms with Crippen LogP contribution in [0.2, 0.25) is 0 Å². The maximum absolute atomic E-state index is 13.1. The largest absolute Gasteiger partial charge is 0.347 e. The van der Waals surface area contributed by atoms with Crippen molar-refractivity contribution in [3.63, 3.8) is 0 Å². The van der Waals surface area contributed by atoms with Gasteiger partial charge in [0.05, 0.1) is 22.1 Å². The lowest BCUT2D eigenvalue weighted by atomic mass is 10.1. The Morgan fingerprint density at radius 2 is 2.09 bits per heavy atom. The summed E-state index contributed by atoms with van der Waals surface area (Å²) in [6, 6.07) is 9.62. The summed E-state index contributed by atoms with van der Waals surface area (Å²) in [5.74, 6) is -0.457.